The SMILES string of the molecule is c1cc2ccc3ccc(-c4ccc5c(c4)c(-c4ccc6ccc7cccc8ccc4c6c78)cc4c6ccccc6oc54)c4ccc(c1)c2c34. The highest BCUT2D eigenvalue weighted by atomic mass is 16.3. The Kier molecular flexibility index (Phi) is 4.77. The van der Waals surface area contributed by atoms with Crippen molar-refractivity contribution in [2.45, 2.75) is 0 Å². The molecule has 49 heavy (non-hydrogen) atoms. The second kappa shape index (κ2) is 9.13. The zero-order chi connectivity index (χ0) is 31.8. The highest BCUT2D eigenvalue weighted by molar-refractivity contribution is 6.29. The summed E-state index contributed by atoms with van der Waals surface area (Å²) >= 11 is 0. The van der Waals surface area contributed by atoms with Gasteiger partial charge in [-0.1, -0.05) is 133 Å². The zero-order valence-corrected chi connectivity index (χ0v) is 26.4. The summed E-state index contributed by atoms with van der Waals surface area (Å²) in [6.07, 6.45) is 0. The van der Waals surface area contributed by atoms with Crippen molar-refractivity contribution in [2.75, 3.05) is 0 Å². The van der Waals surface area contributed by atoms with Crippen LogP contribution in [0.2, 0.25) is 0 Å². The lowest BCUT2D eigenvalue weighted by Gasteiger charge is -2.17. The molecular weight excluding hydrogens is 593 g/mol. The van der Waals surface area contributed by atoms with Crippen molar-refractivity contribution in [3.63, 3.8) is 0 Å². The molecular formula is C48H26O. The molecule has 0 saturated heterocycles. The van der Waals surface area contributed by atoms with Gasteiger partial charge in [0.1, 0.15) is 11.2 Å². The highest BCUT2D eigenvalue weighted by Crippen LogP contribution is 2.46. The Balaban J connectivity index is 1.21. The Labute approximate surface area is 280 Å². The predicted molar refractivity (Wildman–Crippen MR) is 210 cm³/mol. The largest absolute Gasteiger partial charge is 0.455 e. The van der Waals surface area contributed by atoms with E-state index in [4.69, 9.17) is 4.42 Å². The molecule has 0 aliphatic carbocycles. The van der Waals surface area contributed by atoms with Crippen LogP contribution in [-0.4, -0.2) is 0 Å². The Bertz CT molecular complexity index is 3290. The first-order chi connectivity index (χ1) is 24.3. The minimum atomic E-state index is 0.919. The first kappa shape index (κ1) is 25.6. The third-order valence-corrected chi connectivity index (χ3v) is 11.1. The summed E-state index contributed by atoms with van der Waals surface area (Å²) in [5, 5.41) is 20.3. The summed E-state index contributed by atoms with van der Waals surface area (Å²) in [5.74, 6) is 0. The first-order valence-corrected chi connectivity index (χ1v) is 17.0. The lowest BCUT2D eigenvalue weighted by Crippen LogP contribution is -1.90. The van der Waals surface area contributed by atoms with Gasteiger partial charge in [-0.25, -0.2) is 0 Å². The Hall–Kier alpha value is -6.44. The molecule has 224 valence electrons. The number of hydrogen-bond donors (Lipinski definition) is 0. The molecule has 11 aromatic carbocycles. The summed E-state index contributed by atoms with van der Waals surface area (Å²) in [6, 6.07) is 58.5. The fraction of sp³-hybridized carbons (Fsp3) is 0. The molecule has 0 N–H and O–H groups in total. The molecule has 0 radical (unpaired) electrons. The van der Waals surface area contributed by atoms with Gasteiger partial charge in [0.15, 0.2) is 0 Å². The number of rotatable bonds is 2. The lowest BCUT2D eigenvalue weighted by atomic mass is 9.86. The molecule has 1 heteroatoms. The molecule has 0 saturated carbocycles. The van der Waals surface area contributed by atoms with E-state index in [1.807, 2.05) is 0 Å². The van der Waals surface area contributed by atoms with E-state index in [-0.39, 0.29) is 0 Å². The average Bonchev–Trinajstić information content (AvgIpc) is 3.54. The van der Waals surface area contributed by atoms with Gasteiger partial charge in [0, 0.05) is 16.2 Å². The number of benzene rings is 11. The maximum absolute atomic E-state index is 6.63. The van der Waals surface area contributed by atoms with Crippen LogP contribution in [0.25, 0.3) is 120 Å². The minimum absolute atomic E-state index is 0.919. The Morgan fingerprint density at radius 1 is 0.286 bits per heavy atom. The minimum Gasteiger partial charge on any atom is -0.455 e. The van der Waals surface area contributed by atoms with Crippen LogP contribution < -0.4 is 0 Å². The fourth-order valence-corrected chi connectivity index (χ4v) is 8.94. The van der Waals surface area contributed by atoms with E-state index in [0.29, 0.717) is 0 Å². The standard InChI is InChI=1S/C48H26O/c1-2-10-43-36(9-1)42-26-41(35-21-16-32-14-12-28-6-4-8-30-18-23-38(35)47(32)45(28)30)40-25-33(19-24-39(40)48(42)49-43)34-20-15-31-13-11-27-5-3-7-29-17-22-37(34)46(31)44(27)29/h1-26H. The zero-order valence-electron chi connectivity index (χ0n) is 26.4. The van der Waals surface area contributed by atoms with E-state index >= 15 is 0 Å². The molecule has 0 aliphatic rings. The Morgan fingerprint density at radius 2 is 0.816 bits per heavy atom. The molecule has 0 aliphatic heterocycles. The van der Waals surface area contributed by atoms with Gasteiger partial charge >= 0.3 is 0 Å². The van der Waals surface area contributed by atoms with Gasteiger partial charge in [0.2, 0.25) is 0 Å². The summed E-state index contributed by atoms with van der Waals surface area (Å²) < 4.78 is 6.63. The van der Waals surface area contributed by atoms with Crippen LogP contribution in [-0.2, 0) is 0 Å². The van der Waals surface area contributed by atoms with E-state index in [0.717, 1.165) is 27.3 Å². The molecule has 1 heterocycles. The van der Waals surface area contributed by atoms with Gasteiger partial charge in [-0.3, -0.25) is 0 Å². The van der Waals surface area contributed by atoms with Crippen LogP contribution in [0, 0.1) is 0 Å². The molecule has 1 aromatic heterocycles. The molecule has 0 fully saturated rings. The molecule has 12 rings (SSSR count). The van der Waals surface area contributed by atoms with Crippen LogP contribution >= 0.6 is 0 Å². The number of para-hydroxylation sites is 1. The summed E-state index contributed by atoms with van der Waals surface area (Å²) in [7, 11) is 0. The summed E-state index contributed by atoms with van der Waals surface area (Å²) in [4.78, 5) is 0. The van der Waals surface area contributed by atoms with E-state index in [9.17, 15) is 0 Å². The molecule has 0 amide bonds. The predicted octanol–water partition coefficient (Wildman–Crippen LogP) is 13.9. The highest BCUT2D eigenvalue weighted by Gasteiger charge is 2.20. The van der Waals surface area contributed by atoms with E-state index in [2.05, 4.69) is 158 Å². The quantitative estimate of drug-likeness (QED) is 0.176. The van der Waals surface area contributed by atoms with E-state index in [1.54, 1.807) is 0 Å². The Morgan fingerprint density at radius 3 is 1.49 bits per heavy atom. The maximum Gasteiger partial charge on any atom is 0.143 e. The van der Waals surface area contributed by atoms with Gasteiger partial charge < -0.3 is 4.42 Å². The molecule has 0 unspecified atom stereocenters. The van der Waals surface area contributed by atoms with Gasteiger partial charge in [0.05, 0.1) is 0 Å². The smallest absolute Gasteiger partial charge is 0.143 e. The molecule has 1 nitrogen and oxygen atoms in total. The normalized spacial score (nSPS) is 12.5. The number of fused-ring (bicyclic) bond motifs is 5. The van der Waals surface area contributed by atoms with Crippen LogP contribution in [0.15, 0.2) is 162 Å². The summed E-state index contributed by atoms with van der Waals surface area (Å²) in [5.41, 5.74) is 6.79. The van der Waals surface area contributed by atoms with Gasteiger partial charge in [-0.15, -0.1) is 0 Å². The maximum atomic E-state index is 6.63. The van der Waals surface area contributed by atoms with Crippen molar-refractivity contribution in [1.82, 2.24) is 0 Å². The molecule has 0 atom stereocenters. The van der Waals surface area contributed by atoms with Crippen molar-refractivity contribution in [3.8, 4) is 22.3 Å². The van der Waals surface area contributed by atoms with E-state index < -0.39 is 0 Å². The van der Waals surface area contributed by atoms with Gasteiger partial charge in [0.25, 0.3) is 0 Å². The van der Waals surface area contributed by atoms with E-state index in [1.165, 1.54) is 92.3 Å². The monoisotopic (exact) mass is 618 g/mol. The average molecular weight is 619 g/mol. The van der Waals surface area contributed by atoms with Crippen molar-refractivity contribution < 1.29 is 4.42 Å². The first-order valence-electron chi connectivity index (χ1n) is 17.0. The molecule has 0 spiro atoms. The fourth-order valence-electron chi connectivity index (χ4n) is 8.94. The topological polar surface area (TPSA) is 13.1 Å². The number of hydrogen-bond acceptors (Lipinski definition) is 1. The van der Waals surface area contributed by atoms with Crippen molar-refractivity contribution in [3.05, 3.63) is 158 Å². The van der Waals surface area contributed by atoms with Crippen LogP contribution in [0.3, 0.4) is 0 Å². The van der Waals surface area contributed by atoms with Crippen LogP contribution in [0.5, 0.6) is 0 Å². The van der Waals surface area contributed by atoms with Crippen molar-refractivity contribution in [2.24, 2.45) is 0 Å². The molecule has 0 bridgehead atoms. The summed E-state index contributed by atoms with van der Waals surface area (Å²) in [6.45, 7) is 0. The molecule has 12 aromatic rings. The lowest BCUT2D eigenvalue weighted by molar-refractivity contribution is 0.672. The van der Waals surface area contributed by atoms with Gasteiger partial charge in [-0.05, 0) is 117 Å². The van der Waals surface area contributed by atoms with Gasteiger partial charge in [-0.2, -0.15) is 0 Å². The van der Waals surface area contributed by atoms with Crippen molar-refractivity contribution >= 4 is 97.3 Å². The second-order valence-electron chi connectivity index (χ2n) is 13.6. The van der Waals surface area contributed by atoms with Crippen LogP contribution in [0.4, 0.5) is 0 Å². The van der Waals surface area contributed by atoms with Crippen molar-refractivity contribution in [1.29, 1.82) is 0 Å². The second-order valence-corrected chi connectivity index (χ2v) is 13.6. The number of furan rings is 1. The third-order valence-electron chi connectivity index (χ3n) is 11.1. The third kappa shape index (κ3) is 3.34. The van der Waals surface area contributed by atoms with Crippen LogP contribution in [0.1, 0.15) is 0 Å².